The summed E-state index contributed by atoms with van der Waals surface area (Å²) in [6, 6.07) is 11.1. The molecule has 1 nitrogen and oxygen atoms in total. The average Bonchev–Trinajstić information content (AvgIpc) is 2.47. The van der Waals surface area contributed by atoms with Gasteiger partial charge >= 0.3 is 6.18 Å². The molecule has 0 radical (unpaired) electrons. The Morgan fingerprint density at radius 3 is 2.32 bits per heavy atom. The summed E-state index contributed by atoms with van der Waals surface area (Å²) < 4.78 is 39.6. The van der Waals surface area contributed by atoms with Gasteiger partial charge in [0.1, 0.15) is 6.29 Å². The highest BCUT2D eigenvalue weighted by atomic mass is 32.2. The quantitative estimate of drug-likeness (QED) is 0.662. The Balaban J connectivity index is 2.48. The van der Waals surface area contributed by atoms with Gasteiger partial charge in [-0.1, -0.05) is 49.9 Å². The van der Waals surface area contributed by atoms with Crippen LogP contribution in [0, 0.1) is 0 Å². The third-order valence-electron chi connectivity index (χ3n) is 3.21. The van der Waals surface area contributed by atoms with Gasteiger partial charge in [0.2, 0.25) is 0 Å². The predicted octanol–water partition coefficient (Wildman–Crippen LogP) is 5.79. The van der Waals surface area contributed by atoms with Gasteiger partial charge in [-0.15, -0.1) is 0 Å². The third kappa shape index (κ3) is 3.71. The van der Waals surface area contributed by atoms with E-state index < -0.39 is 11.7 Å². The van der Waals surface area contributed by atoms with E-state index >= 15 is 0 Å². The molecule has 0 heterocycles. The van der Waals surface area contributed by atoms with Crippen molar-refractivity contribution in [3.8, 4) is 0 Å². The molecule has 0 spiro atoms. The molecule has 2 aromatic carbocycles. The second kappa shape index (κ2) is 6.57. The van der Waals surface area contributed by atoms with Gasteiger partial charge in [-0.05, 0) is 29.7 Å². The number of alkyl halides is 3. The summed E-state index contributed by atoms with van der Waals surface area (Å²) in [6.07, 6.45) is -4.07. The molecule has 0 aliphatic heterocycles. The van der Waals surface area contributed by atoms with Crippen molar-refractivity contribution in [1.82, 2.24) is 0 Å². The molecule has 116 valence electrons. The number of halogens is 3. The topological polar surface area (TPSA) is 17.1 Å². The lowest BCUT2D eigenvalue weighted by molar-refractivity contribution is -0.139. The Kier molecular flexibility index (Phi) is 4.96. The SMILES string of the molecule is CC(C)c1ccccc1Sc1ccc(C=O)cc1C(F)(F)F. The van der Waals surface area contributed by atoms with Crippen molar-refractivity contribution in [2.75, 3.05) is 0 Å². The largest absolute Gasteiger partial charge is 0.417 e. The normalized spacial score (nSPS) is 11.7. The van der Waals surface area contributed by atoms with Crippen LogP contribution in [0.25, 0.3) is 0 Å². The van der Waals surface area contributed by atoms with Gasteiger partial charge in [0, 0.05) is 15.4 Å². The van der Waals surface area contributed by atoms with Gasteiger partial charge in [-0.3, -0.25) is 4.79 Å². The fraction of sp³-hybridized carbons (Fsp3) is 0.235. The van der Waals surface area contributed by atoms with Crippen LogP contribution in [0.2, 0.25) is 0 Å². The number of carbonyl (C=O) groups is 1. The molecule has 0 saturated carbocycles. The number of carbonyl (C=O) groups excluding carboxylic acids is 1. The van der Waals surface area contributed by atoms with E-state index in [4.69, 9.17) is 0 Å². The molecule has 2 rings (SSSR count). The number of aldehydes is 1. The minimum atomic E-state index is -4.49. The van der Waals surface area contributed by atoms with Gasteiger partial charge < -0.3 is 0 Å². The van der Waals surface area contributed by atoms with Crippen molar-refractivity contribution in [3.05, 3.63) is 59.2 Å². The van der Waals surface area contributed by atoms with Crippen LogP contribution in [-0.2, 0) is 6.18 Å². The molecule has 2 aromatic rings. The number of rotatable bonds is 4. The van der Waals surface area contributed by atoms with Crippen molar-refractivity contribution < 1.29 is 18.0 Å². The minimum Gasteiger partial charge on any atom is -0.298 e. The van der Waals surface area contributed by atoms with Crippen LogP contribution in [0.5, 0.6) is 0 Å². The summed E-state index contributed by atoms with van der Waals surface area (Å²) in [5.74, 6) is 0.215. The summed E-state index contributed by atoms with van der Waals surface area (Å²) in [5.41, 5.74) is 0.245. The van der Waals surface area contributed by atoms with E-state index in [1.54, 1.807) is 6.07 Å². The lowest BCUT2D eigenvalue weighted by Gasteiger charge is -2.16. The summed E-state index contributed by atoms with van der Waals surface area (Å²) >= 11 is 1.08. The van der Waals surface area contributed by atoms with E-state index in [0.29, 0.717) is 6.29 Å². The van der Waals surface area contributed by atoms with Gasteiger partial charge in [0.25, 0.3) is 0 Å². The van der Waals surface area contributed by atoms with E-state index in [1.807, 2.05) is 32.0 Å². The molecule has 0 bridgehead atoms. The first-order chi connectivity index (χ1) is 10.3. The highest BCUT2D eigenvalue weighted by Gasteiger charge is 2.34. The van der Waals surface area contributed by atoms with E-state index in [2.05, 4.69) is 0 Å². The van der Waals surface area contributed by atoms with E-state index in [1.165, 1.54) is 12.1 Å². The lowest BCUT2D eigenvalue weighted by atomic mass is 10.0. The average molecular weight is 324 g/mol. The first-order valence-electron chi connectivity index (χ1n) is 6.76. The minimum absolute atomic E-state index is 0.0221. The van der Waals surface area contributed by atoms with E-state index in [0.717, 1.165) is 28.3 Å². The lowest BCUT2D eigenvalue weighted by Crippen LogP contribution is -2.07. The van der Waals surface area contributed by atoms with Crippen LogP contribution in [0.1, 0.15) is 41.3 Å². The second-order valence-electron chi connectivity index (χ2n) is 5.17. The first-order valence-corrected chi connectivity index (χ1v) is 7.57. The molecular weight excluding hydrogens is 309 g/mol. The summed E-state index contributed by atoms with van der Waals surface area (Å²) in [6.45, 7) is 4.00. The van der Waals surface area contributed by atoms with Crippen LogP contribution < -0.4 is 0 Å². The van der Waals surface area contributed by atoms with Gasteiger partial charge in [-0.2, -0.15) is 13.2 Å². The van der Waals surface area contributed by atoms with Gasteiger partial charge in [0.05, 0.1) is 5.56 Å². The zero-order chi connectivity index (χ0) is 16.3. The molecule has 5 heteroatoms. The maximum atomic E-state index is 13.2. The molecule has 0 unspecified atom stereocenters. The Labute approximate surface area is 131 Å². The molecular formula is C17H15F3OS. The van der Waals surface area contributed by atoms with E-state index in [-0.39, 0.29) is 16.4 Å². The van der Waals surface area contributed by atoms with Crippen molar-refractivity contribution in [2.24, 2.45) is 0 Å². The first kappa shape index (κ1) is 16.6. The van der Waals surface area contributed by atoms with Gasteiger partial charge in [-0.25, -0.2) is 0 Å². The van der Waals surface area contributed by atoms with Crippen molar-refractivity contribution in [2.45, 2.75) is 35.7 Å². The van der Waals surface area contributed by atoms with Crippen LogP contribution in [0.3, 0.4) is 0 Å². The summed E-state index contributed by atoms with van der Waals surface area (Å²) in [4.78, 5) is 11.6. The molecule has 0 atom stereocenters. The molecule has 0 aliphatic carbocycles. The monoisotopic (exact) mass is 324 g/mol. The molecule has 0 saturated heterocycles. The Morgan fingerprint density at radius 2 is 1.73 bits per heavy atom. The fourth-order valence-corrected chi connectivity index (χ4v) is 3.33. The van der Waals surface area contributed by atoms with Crippen LogP contribution in [0.15, 0.2) is 52.3 Å². The zero-order valence-electron chi connectivity index (χ0n) is 12.1. The van der Waals surface area contributed by atoms with Crippen LogP contribution >= 0.6 is 11.8 Å². The molecule has 0 aromatic heterocycles. The zero-order valence-corrected chi connectivity index (χ0v) is 13.0. The van der Waals surface area contributed by atoms with Crippen molar-refractivity contribution >= 4 is 18.0 Å². The van der Waals surface area contributed by atoms with Crippen LogP contribution in [0.4, 0.5) is 13.2 Å². The summed E-state index contributed by atoms with van der Waals surface area (Å²) in [7, 11) is 0. The molecule has 22 heavy (non-hydrogen) atoms. The van der Waals surface area contributed by atoms with Crippen molar-refractivity contribution in [1.29, 1.82) is 0 Å². The Hall–Kier alpha value is -1.75. The number of benzene rings is 2. The maximum Gasteiger partial charge on any atom is 0.417 e. The Morgan fingerprint density at radius 1 is 1.05 bits per heavy atom. The number of hydrogen-bond donors (Lipinski definition) is 0. The molecule has 0 fully saturated rings. The van der Waals surface area contributed by atoms with Crippen molar-refractivity contribution in [3.63, 3.8) is 0 Å². The molecule has 0 amide bonds. The highest BCUT2D eigenvalue weighted by molar-refractivity contribution is 7.99. The third-order valence-corrected chi connectivity index (χ3v) is 4.37. The van der Waals surface area contributed by atoms with Crippen LogP contribution in [-0.4, -0.2) is 6.29 Å². The standard InChI is InChI=1S/C17H15F3OS/c1-11(2)13-5-3-4-6-15(13)22-16-8-7-12(10-21)9-14(16)17(18,19)20/h3-11H,1-2H3. The molecule has 0 N–H and O–H groups in total. The maximum absolute atomic E-state index is 13.2. The Bertz CT molecular complexity index is 678. The highest BCUT2D eigenvalue weighted by Crippen LogP contribution is 2.41. The second-order valence-corrected chi connectivity index (χ2v) is 6.25. The predicted molar refractivity (Wildman–Crippen MR) is 81.5 cm³/mol. The molecule has 0 aliphatic rings. The smallest absolute Gasteiger partial charge is 0.298 e. The summed E-state index contributed by atoms with van der Waals surface area (Å²) in [5, 5.41) is 0. The van der Waals surface area contributed by atoms with E-state index in [9.17, 15) is 18.0 Å². The fourth-order valence-electron chi connectivity index (χ4n) is 2.10. The van der Waals surface area contributed by atoms with Gasteiger partial charge in [0.15, 0.2) is 0 Å². The number of hydrogen-bond acceptors (Lipinski definition) is 2.